The Hall–Kier alpha value is -4.15. The Balaban J connectivity index is 1.45. The standard InChI is InChI=1S/C29H25FN4O3S2/c1-19(2)25-7-5-8-26-27(25)32-29(38-26)34(18-23-6-3-4-17-31-23)28(35)20-9-13-22(14-10-20)33-39(36,37)24-15-11-21(30)12-16-24/h3-17,19,33H,18H2,1-2H3. The molecule has 2 heterocycles. The monoisotopic (exact) mass is 560 g/mol. The summed E-state index contributed by atoms with van der Waals surface area (Å²) in [5.74, 6) is -0.547. The van der Waals surface area contributed by atoms with Crippen molar-refractivity contribution < 1.29 is 17.6 Å². The number of halogens is 1. The maximum absolute atomic E-state index is 13.8. The molecule has 10 heteroatoms. The maximum Gasteiger partial charge on any atom is 0.261 e. The number of aromatic nitrogens is 2. The molecule has 0 atom stereocenters. The third kappa shape index (κ3) is 5.81. The van der Waals surface area contributed by atoms with E-state index in [0.29, 0.717) is 16.4 Å². The molecular formula is C29H25FN4O3S2. The fourth-order valence-corrected chi connectivity index (χ4v) is 6.14. The van der Waals surface area contributed by atoms with E-state index >= 15 is 0 Å². The molecule has 0 aliphatic rings. The van der Waals surface area contributed by atoms with Crippen LogP contribution >= 0.6 is 11.3 Å². The second-order valence-electron chi connectivity index (χ2n) is 9.19. The van der Waals surface area contributed by atoms with Crippen molar-refractivity contribution in [3.8, 4) is 0 Å². The smallest absolute Gasteiger partial charge is 0.261 e. The van der Waals surface area contributed by atoms with Gasteiger partial charge in [0.15, 0.2) is 5.13 Å². The molecule has 0 bridgehead atoms. The molecule has 7 nitrogen and oxygen atoms in total. The quantitative estimate of drug-likeness (QED) is 0.231. The number of sulfonamides is 1. The first-order valence-electron chi connectivity index (χ1n) is 12.2. The first kappa shape index (κ1) is 26.5. The van der Waals surface area contributed by atoms with Crippen molar-refractivity contribution in [1.29, 1.82) is 0 Å². The summed E-state index contributed by atoms with van der Waals surface area (Å²) < 4.78 is 42.0. The lowest BCUT2D eigenvalue weighted by Gasteiger charge is -2.20. The number of amides is 1. The summed E-state index contributed by atoms with van der Waals surface area (Å²) >= 11 is 1.44. The van der Waals surface area contributed by atoms with E-state index in [1.165, 1.54) is 35.6 Å². The predicted octanol–water partition coefficient (Wildman–Crippen LogP) is 6.60. The van der Waals surface area contributed by atoms with Crippen molar-refractivity contribution in [2.45, 2.75) is 31.2 Å². The number of benzene rings is 3. The van der Waals surface area contributed by atoms with Crippen LogP contribution in [0.5, 0.6) is 0 Å². The Morgan fingerprint density at radius 1 is 0.974 bits per heavy atom. The molecular weight excluding hydrogens is 535 g/mol. The molecule has 0 aliphatic carbocycles. The van der Waals surface area contributed by atoms with Gasteiger partial charge >= 0.3 is 0 Å². The SMILES string of the molecule is CC(C)c1cccc2sc(N(Cc3ccccn3)C(=O)c3ccc(NS(=O)(=O)c4ccc(F)cc4)cc3)nc12. The summed E-state index contributed by atoms with van der Waals surface area (Å²) in [6, 6.07) is 22.3. The summed E-state index contributed by atoms with van der Waals surface area (Å²) in [6.45, 7) is 4.43. The summed E-state index contributed by atoms with van der Waals surface area (Å²) in [5, 5.41) is 0.551. The Kier molecular flexibility index (Phi) is 7.40. The Morgan fingerprint density at radius 3 is 2.38 bits per heavy atom. The highest BCUT2D eigenvalue weighted by Crippen LogP contribution is 2.34. The maximum atomic E-state index is 13.8. The zero-order chi connectivity index (χ0) is 27.6. The van der Waals surface area contributed by atoms with E-state index in [2.05, 4.69) is 23.6 Å². The van der Waals surface area contributed by atoms with Gasteiger partial charge in [-0.05, 0) is 78.2 Å². The van der Waals surface area contributed by atoms with Crippen LogP contribution in [0.4, 0.5) is 15.2 Å². The minimum atomic E-state index is -3.92. The summed E-state index contributed by atoms with van der Waals surface area (Å²) in [7, 11) is -3.92. The lowest BCUT2D eigenvalue weighted by molar-refractivity contribution is 0.0985. The summed E-state index contributed by atoms with van der Waals surface area (Å²) in [6.07, 6.45) is 1.68. The normalized spacial score (nSPS) is 11.6. The molecule has 0 radical (unpaired) electrons. The molecule has 2 aromatic heterocycles. The molecule has 0 unspecified atom stereocenters. The van der Waals surface area contributed by atoms with Gasteiger partial charge in [0.2, 0.25) is 0 Å². The van der Waals surface area contributed by atoms with E-state index < -0.39 is 15.8 Å². The average molecular weight is 561 g/mol. The van der Waals surface area contributed by atoms with Crippen LogP contribution < -0.4 is 9.62 Å². The van der Waals surface area contributed by atoms with Crippen LogP contribution in [0.2, 0.25) is 0 Å². The van der Waals surface area contributed by atoms with Crippen molar-refractivity contribution in [2.75, 3.05) is 9.62 Å². The van der Waals surface area contributed by atoms with Crippen LogP contribution in [0.15, 0.2) is 96.0 Å². The van der Waals surface area contributed by atoms with Crippen molar-refractivity contribution >= 4 is 48.3 Å². The first-order valence-corrected chi connectivity index (χ1v) is 14.5. The molecule has 0 spiro atoms. The molecule has 0 fully saturated rings. The molecule has 5 rings (SSSR count). The molecule has 5 aromatic rings. The molecule has 0 saturated heterocycles. The minimum Gasteiger partial charge on any atom is -0.280 e. The second-order valence-corrected chi connectivity index (χ2v) is 11.9. The number of nitrogens with one attached hydrogen (secondary N) is 1. The number of rotatable bonds is 8. The predicted molar refractivity (Wildman–Crippen MR) is 152 cm³/mol. The van der Waals surface area contributed by atoms with Crippen LogP contribution in [-0.4, -0.2) is 24.3 Å². The molecule has 3 aromatic carbocycles. The minimum absolute atomic E-state index is 0.0674. The lowest BCUT2D eigenvalue weighted by Crippen LogP contribution is -2.30. The van der Waals surface area contributed by atoms with Gasteiger partial charge in [0.1, 0.15) is 5.82 Å². The summed E-state index contributed by atoms with van der Waals surface area (Å²) in [5.41, 5.74) is 3.32. The van der Waals surface area contributed by atoms with Crippen LogP contribution in [0.3, 0.4) is 0 Å². The highest BCUT2D eigenvalue weighted by molar-refractivity contribution is 7.92. The third-order valence-corrected chi connectivity index (χ3v) is 8.53. The van der Waals surface area contributed by atoms with Gasteiger partial charge in [-0.15, -0.1) is 0 Å². The van der Waals surface area contributed by atoms with E-state index in [-0.39, 0.29) is 29.0 Å². The fraction of sp³-hybridized carbons (Fsp3) is 0.138. The Labute approximate surface area is 230 Å². The van der Waals surface area contributed by atoms with Gasteiger partial charge in [-0.2, -0.15) is 0 Å². The first-order chi connectivity index (χ1) is 18.7. The van der Waals surface area contributed by atoms with Crippen LogP contribution in [0.25, 0.3) is 10.2 Å². The van der Waals surface area contributed by atoms with Gasteiger partial charge in [-0.1, -0.05) is 43.4 Å². The van der Waals surface area contributed by atoms with Gasteiger partial charge in [0.25, 0.3) is 15.9 Å². The molecule has 1 N–H and O–H groups in total. The topological polar surface area (TPSA) is 92.3 Å². The van der Waals surface area contributed by atoms with Gasteiger partial charge in [-0.25, -0.2) is 17.8 Å². The number of para-hydroxylation sites is 1. The van der Waals surface area contributed by atoms with Crippen LogP contribution in [0, 0.1) is 5.82 Å². The van der Waals surface area contributed by atoms with Crippen molar-refractivity contribution in [2.24, 2.45) is 0 Å². The number of hydrogen-bond donors (Lipinski definition) is 1. The zero-order valence-corrected chi connectivity index (χ0v) is 22.8. The fourth-order valence-electron chi connectivity index (χ4n) is 4.08. The molecule has 198 valence electrons. The molecule has 0 aliphatic heterocycles. The van der Waals surface area contributed by atoms with Gasteiger partial charge in [-0.3, -0.25) is 19.4 Å². The van der Waals surface area contributed by atoms with E-state index in [9.17, 15) is 17.6 Å². The third-order valence-electron chi connectivity index (χ3n) is 6.09. The second kappa shape index (κ2) is 10.9. The van der Waals surface area contributed by atoms with Crippen molar-refractivity contribution in [3.63, 3.8) is 0 Å². The van der Waals surface area contributed by atoms with Crippen molar-refractivity contribution in [3.05, 3.63) is 114 Å². The number of thiazole rings is 1. The number of nitrogens with zero attached hydrogens (tertiary/aromatic N) is 3. The summed E-state index contributed by atoms with van der Waals surface area (Å²) in [4.78, 5) is 24.6. The van der Waals surface area contributed by atoms with Gasteiger partial charge < -0.3 is 0 Å². The lowest BCUT2D eigenvalue weighted by atomic mass is 10.0. The largest absolute Gasteiger partial charge is 0.280 e. The number of hydrogen-bond acceptors (Lipinski definition) is 6. The van der Waals surface area contributed by atoms with Crippen LogP contribution in [0.1, 0.15) is 41.4 Å². The van der Waals surface area contributed by atoms with E-state index in [0.717, 1.165) is 27.9 Å². The van der Waals surface area contributed by atoms with E-state index in [1.54, 1.807) is 23.2 Å². The van der Waals surface area contributed by atoms with Crippen LogP contribution in [-0.2, 0) is 16.6 Å². The number of fused-ring (bicyclic) bond motifs is 1. The Morgan fingerprint density at radius 2 is 1.72 bits per heavy atom. The number of pyridine rings is 1. The molecule has 39 heavy (non-hydrogen) atoms. The zero-order valence-electron chi connectivity index (χ0n) is 21.2. The highest BCUT2D eigenvalue weighted by atomic mass is 32.2. The average Bonchev–Trinajstić information content (AvgIpc) is 3.36. The van der Waals surface area contributed by atoms with Gasteiger partial charge in [0.05, 0.1) is 27.4 Å². The number of anilines is 2. The number of carbonyl (C=O) groups is 1. The highest BCUT2D eigenvalue weighted by Gasteiger charge is 2.24. The van der Waals surface area contributed by atoms with E-state index in [4.69, 9.17) is 4.98 Å². The van der Waals surface area contributed by atoms with Crippen molar-refractivity contribution in [1.82, 2.24) is 9.97 Å². The van der Waals surface area contributed by atoms with Gasteiger partial charge in [0, 0.05) is 17.4 Å². The molecule has 0 saturated carbocycles. The van der Waals surface area contributed by atoms with E-state index in [1.807, 2.05) is 36.4 Å². The number of carbonyl (C=O) groups excluding carboxylic acids is 1. The molecule has 1 amide bonds. The Bertz CT molecular complexity index is 1720.